The quantitative estimate of drug-likeness (QED) is 0.747. The van der Waals surface area contributed by atoms with E-state index >= 15 is 0 Å². The van der Waals surface area contributed by atoms with Crippen LogP contribution in [0.15, 0.2) is 24.3 Å². The first kappa shape index (κ1) is 9.69. The van der Waals surface area contributed by atoms with Crippen LogP contribution in [0.3, 0.4) is 0 Å². The fraction of sp³-hybridized carbons (Fsp3) is 0.500. The third-order valence-electron chi connectivity index (χ3n) is 2.93. The molecule has 1 aliphatic rings. The molecule has 2 heteroatoms. The van der Waals surface area contributed by atoms with Gasteiger partial charge in [0, 0.05) is 6.54 Å². The van der Waals surface area contributed by atoms with Gasteiger partial charge < -0.3 is 10.4 Å². The summed E-state index contributed by atoms with van der Waals surface area (Å²) in [5, 5.41) is 13.4. The first-order valence-corrected chi connectivity index (χ1v) is 5.19. The molecule has 2 rings (SSSR count). The van der Waals surface area contributed by atoms with Crippen molar-refractivity contribution in [2.75, 3.05) is 0 Å². The normalized spacial score (nSPS) is 22.4. The molecule has 0 spiro atoms. The number of hydrogen-bond acceptors (Lipinski definition) is 2. The van der Waals surface area contributed by atoms with Gasteiger partial charge in [0.05, 0.1) is 12.1 Å². The fourth-order valence-corrected chi connectivity index (χ4v) is 2.02. The Kier molecular flexibility index (Phi) is 2.57. The van der Waals surface area contributed by atoms with Crippen molar-refractivity contribution in [3.63, 3.8) is 0 Å². The van der Waals surface area contributed by atoms with Crippen molar-refractivity contribution in [2.45, 2.75) is 32.5 Å². The summed E-state index contributed by atoms with van der Waals surface area (Å²) in [7, 11) is 0. The molecule has 0 bridgehead atoms. The first-order valence-electron chi connectivity index (χ1n) is 5.19. The predicted molar refractivity (Wildman–Crippen MR) is 56.9 cm³/mol. The van der Waals surface area contributed by atoms with Crippen LogP contribution in [-0.2, 0) is 6.54 Å². The maximum Gasteiger partial charge on any atom is 0.0757 e. The van der Waals surface area contributed by atoms with Crippen LogP contribution in [0, 0.1) is 5.92 Å². The molecule has 1 aromatic carbocycles. The molecule has 1 aliphatic heterocycles. The van der Waals surface area contributed by atoms with Gasteiger partial charge in [-0.15, -0.1) is 0 Å². The Morgan fingerprint density at radius 2 is 2.07 bits per heavy atom. The second-order valence-electron chi connectivity index (χ2n) is 4.29. The van der Waals surface area contributed by atoms with Crippen LogP contribution in [0.4, 0.5) is 0 Å². The average molecular weight is 191 g/mol. The van der Waals surface area contributed by atoms with Crippen molar-refractivity contribution >= 4 is 0 Å². The lowest BCUT2D eigenvalue weighted by atomic mass is 9.94. The van der Waals surface area contributed by atoms with E-state index in [0.717, 1.165) is 6.54 Å². The van der Waals surface area contributed by atoms with Crippen LogP contribution in [-0.4, -0.2) is 11.2 Å². The molecule has 1 aromatic rings. The topological polar surface area (TPSA) is 32.3 Å². The standard InChI is InChI=1S/C12H17NO/c1-8(2)12(14)11-10-6-4-3-5-9(10)7-13-11/h3-6,8,11-14H,7H2,1-2H3. The Hall–Kier alpha value is -0.860. The molecule has 0 radical (unpaired) electrons. The number of benzene rings is 1. The first-order chi connectivity index (χ1) is 6.70. The van der Waals surface area contributed by atoms with Gasteiger partial charge in [0.2, 0.25) is 0 Å². The van der Waals surface area contributed by atoms with Crippen LogP contribution in [0.2, 0.25) is 0 Å². The number of rotatable bonds is 2. The fourth-order valence-electron chi connectivity index (χ4n) is 2.02. The summed E-state index contributed by atoms with van der Waals surface area (Å²) in [6.07, 6.45) is -0.293. The van der Waals surface area contributed by atoms with Crippen LogP contribution >= 0.6 is 0 Å². The molecule has 0 saturated carbocycles. The molecule has 14 heavy (non-hydrogen) atoms. The van der Waals surface area contributed by atoms with Gasteiger partial charge in [-0.1, -0.05) is 38.1 Å². The highest BCUT2D eigenvalue weighted by Crippen LogP contribution is 2.29. The highest BCUT2D eigenvalue weighted by Gasteiger charge is 2.29. The molecule has 0 aromatic heterocycles. The zero-order valence-corrected chi connectivity index (χ0v) is 8.70. The molecule has 2 unspecified atom stereocenters. The van der Waals surface area contributed by atoms with Crippen LogP contribution in [0.5, 0.6) is 0 Å². The van der Waals surface area contributed by atoms with Crippen molar-refractivity contribution in [3.05, 3.63) is 35.4 Å². The predicted octanol–water partition coefficient (Wildman–Crippen LogP) is 1.85. The Balaban J connectivity index is 2.26. The molecular weight excluding hydrogens is 174 g/mol. The van der Waals surface area contributed by atoms with E-state index in [-0.39, 0.29) is 12.1 Å². The summed E-state index contributed by atoms with van der Waals surface area (Å²) in [4.78, 5) is 0. The molecular formula is C12H17NO. The van der Waals surface area contributed by atoms with Gasteiger partial charge in [0.15, 0.2) is 0 Å². The largest absolute Gasteiger partial charge is 0.391 e. The Bertz CT molecular complexity index is 322. The second kappa shape index (κ2) is 3.71. The smallest absolute Gasteiger partial charge is 0.0757 e. The minimum Gasteiger partial charge on any atom is -0.391 e. The number of aliphatic hydroxyl groups excluding tert-OH is 1. The number of fused-ring (bicyclic) bond motifs is 1. The minimum atomic E-state index is -0.293. The van der Waals surface area contributed by atoms with Crippen LogP contribution in [0.25, 0.3) is 0 Å². The number of aliphatic hydroxyl groups is 1. The van der Waals surface area contributed by atoms with E-state index in [1.54, 1.807) is 0 Å². The summed E-state index contributed by atoms with van der Waals surface area (Å²) < 4.78 is 0. The monoisotopic (exact) mass is 191 g/mol. The van der Waals surface area contributed by atoms with E-state index in [1.165, 1.54) is 11.1 Å². The van der Waals surface area contributed by atoms with Gasteiger partial charge in [-0.2, -0.15) is 0 Å². The van der Waals surface area contributed by atoms with Gasteiger partial charge in [0.25, 0.3) is 0 Å². The number of hydrogen-bond donors (Lipinski definition) is 2. The third kappa shape index (κ3) is 1.56. The Morgan fingerprint density at radius 3 is 2.79 bits per heavy atom. The summed E-state index contributed by atoms with van der Waals surface area (Å²) in [5.41, 5.74) is 2.57. The zero-order valence-electron chi connectivity index (χ0n) is 8.70. The molecule has 0 amide bonds. The van der Waals surface area contributed by atoms with E-state index in [0.29, 0.717) is 5.92 Å². The van der Waals surface area contributed by atoms with Gasteiger partial charge in [-0.25, -0.2) is 0 Å². The maximum absolute atomic E-state index is 10.0. The lowest BCUT2D eigenvalue weighted by molar-refractivity contribution is 0.0870. The SMILES string of the molecule is CC(C)C(O)C1NCc2ccccc21. The Morgan fingerprint density at radius 1 is 1.36 bits per heavy atom. The molecule has 2 nitrogen and oxygen atoms in total. The van der Waals surface area contributed by atoms with Gasteiger partial charge in [0.1, 0.15) is 0 Å². The minimum absolute atomic E-state index is 0.117. The van der Waals surface area contributed by atoms with Crippen molar-refractivity contribution in [1.29, 1.82) is 0 Å². The maximum atomic E-state index is 10.0. The molecule has 0 fully saturated rings. The van der Waals surface area contributed by atoms with Gasteiger partial charge in [-0.05, 0) is 17.0 Å². The number of nitrogens with one attached hydrogen (secondary N) is 1. The summed E-state index contributed by atoms with van der Waals surface area (Å²) in [6, 6.07) is 8.42. The summed E-state index contributed by atoms with van der Waals surface area (Å²) in [5.74, 6) is 0.290. The second-order valence-corrected chi connectivity index (χ2v) is 4.29. The van der Waals surface area contributed by atoms with Crippen molar-refractivity contribution in [1.82, 2.24) is 5.32 Å². The van der Waals surface area contributed by atoms with E-state index in [1.807, 2.05) is 26.0 Å². The lowest BCUT2D eigenvalue weighted by Crippen LogP contribution is -2.30. The highest BCUT2D eigenvalue weighted by molar-refractivity contribution is 5.34. The molecule has 2 N–H and O–H groups in total. The summed E-state index contributed by atoms with van der Waals surface area (Å²) >= 11 is 0. The van der Waals surface area contributed by atoms with Crippen LogP contribution < -0.4 is 5.32 Å². The molecule has 1 heterocycles. The molecule has 0 saturated heterocycles. The molecule has 2 atom stereocenters. The summed E-state index contributed by atoms with van der Waals surface area (Å²) in [6.45, 7) is 4.98. The molecule has 76 valence electrons. The van der Waals surface area contributed by atoms with E-state index in [4.69, 9.17) is 0 Å². The van der Waals surface area contributed by atoms with E-state index < -0.39 is 0 Å². The van der Waals surface area contributed by atoms with E-state index in [9.17, 15) is 5.11 Å². The van der Waals surface area contributed by atoms with Crippen molar-refractivity contribution < 1.29 is 5.11 Å². The van der Waals surface area contributed by atoms with Crippen LogP contribution in [0.1, 0.15) is 31.0 Å². The van der Waals surface area contributed by atoms with Crippen molar-refractivity contribution in [3.8, 4) is 0 Å². The zero-order chi connectivity index (χ0) is 10.1. The van der Waals surface area contributed by atoms with Gasteiger partial charge >= 0.3 is 0 Å². The van der Waals surface area contributed by atoms with E-state index in [2.05, 4.69) is 17.4 Å². The lowest BCUT2D eigenvalue weighted by Gasteiger charge is -2.22. The third-order valence-corrected chi connectivity index (χ3v) is 2.93. The van der Waals surface area contributed by atoms with Crippen molar-refractivity contribution in [2.24, 2.45) is 5.92 Å². The molecule has 0 aliphatic carbocycles. The van der Waals surface area contributed by atoms with Gasteiger partial charge in [-0.3, -0.25) is 0 Å². The Labute approximate surface area is 85.0 Å². The highest BCUT2D eigenvalue weighted by atomic mass is 16.3. The average Bonchev–Trinajstić information content (AvgIpc) is 2.60.